The van der Waals surface area contributed by atoms with Crippen LogP contribution in [0.5, 0.6) is 0 Å². The molecular formula is C12H14ClFO3. The van der Waals surface area contributed by atoms with E-state index in [1.807, 2.05) is 0 Å². The Bertz CT molecular complexity index is 422. The predicted octanol–water partition coefficient (Wildman–Crippen LogP) is 2.87. The molecule has 94 valence electrons. The minimum atomic E-state index is -1.03. The van der Waals surface area contributed by atoms with Gasteiger partial charge in [-0.2, -0.15) is 0 Å². The van der Waals surface area contributed by atoms with Crippen molar-refractivity contribution >= 4 is 17.6 Å². The molecule has 1 aromatic rings. The first-order chi connectivity index (χ1) is 7.84. The Kier molecular flexibility index (Phi) is 4.48. The fraction of sp³-hybridized carbons (Fsp3) is 0.417. The fourth-order valence-corrected chi connectivity index (χ4v) is 1.80. The molecule has 17 heavy (non-hydrogen) atoms. The maximum absolute atomic E-state index is 12.8. The smallest absolute Gasteiger partial charge is 0.306 e. The summed E-state index contributed by atoms with van der Waals surface area (Å²) in [6.07, 6.45) is -1.03. The Morgan fingerprint density at radius 1 is 1.41 bits per heavy atom. The van der Waals surface area contributed by atoms with Gasteiger partial charge in [-0.1, -0.05) is 31.5 Å². The number of aliphatic hydroxyl groups is 1. The van der Waals surface area contributed by atoms with E-state index in [-0.39, 0.29) is 5.02 Å². The van der Waals surface area contributed by atoms with Crippen LogP contribution in [0, 0.1) is 17.7 Å². The lowest BCUT2D eigenvalue weighted by molar-refractivity contribution is -0.144. The average Bonchev–Trinajstić information content (AvgIpc) is 2.26. The zero-order valence-electron chi connectivity index (χ0n) is 9.52. The summed E-state index contributed by atoms with van der Waals surface area (Å²) in [5, 5.41) is 19.0. The zero-order valence-corrected chi connectivity index (χ0v) is 10.3. The molecule has 3 unspecified atom stereocenters. The number of halogens is 2. The Hall–Kier alpha value is -1.13. The molecule has 0 fully saturated rings. The van der Waals surface area contributed by atoms with E-state index >= 15 is 0 Å². The van der Waals surface area contributed by atoms with Gasteiger partial charge in [0.05, 0.1) is 12.0 Å². The SMILES string of the molecule is CC(C(=O)O)C(C)C(O)c1ccc(F)cc1Cl. The second-order valence-corrected chi connectivity index (χ2v) is 4.50. The van der Waals surface area contributed by atoms with E-state index < -0.39 is 29.7 Å². The molecule has 0 aliphatic carbocycles. The largest absolute Gasteiger partial charge is 0.481 e. The molecule has 0 bridgehead atoms. The molecule has 0 aromatic heterocycles. The predicted molar refractivity (Wildman–Crippen MR) is 62.3 cm³/mol. The van der Waals surface area contributed by atoms with Gasteiger partial charge in [0.2, 0.25) is 0 Å². The van der Waals surface area contributed by atoms with E-state index in [1.54, 1.807) is 6.92 Å². The van der Waals surface area contributed by atoms with Crippen molar-refractivity contribution in [3.8, 4) is 0 Å². The first-order valence-electron chi connectivity index (χ1n) is 5.20. The van der Waals surface area contributed by atoms with Gasteiger partial charge in [0.15, 0.2) is 0 Å². The third kappa shape index (κ3) is 3.17. The Balaban J connectivity index is 2.96. The van der Waals surface area contributed by atoms with Gasteiger partial charge in [-0.25, -0.2) is 4.39 Å². The molecule has 0 saturated carbocycles. The van der Waals surface area contributed by atoms with Crippen LogP contribution in [0.1, 0.15) is 25.5 Å². The van der Waals surface area contributed by atoms with Crippen molar-refractivity contribution in [1.82, 2.24) is 0 Å². The van der Waals surface area contributed by atoms with E-state index in [0.717, 1.165) is 6.07 Å². The molecule has 0 amide bonds. The number of benzene rings is 1. The minimum Gasteiger partial charge on any atom is -0.481 e. The van der Waals surface area contributed by atoms with Gasteiger partial charge in [0, 0.05) is 5.02 Å². The van der Waals surface area contributed by atoms with Crippen LogP contribution in [-0.4, -0.2) is 16.2 Å². The molecule has 5 heteroatoms. The zero-order chi connectivity index (χ0) is 13.2. The van der Waals surface area contributed by atoms with Crippen molar-refractivity contribution in [2.24, 2.45) is 11.8 Å². The minimum absolute atomic E-state index is 0.0990. The lowest BCUT2D eigenvalue weighted by Crippen LogP contribution is -2.24. The number of aliphatic carboxylic acids is 1. The number of aliphatic hydroxyl groups excluding tert-OH is 1. The molecule has 2 N–H and O–H groups in total. The molecule has 0 heterocycles. The molecule has 0 aliphatic heterocycles. The van der Waals surface area contributed by atoms with Gasteiger partial charge in [0.1, 0.15) is 5.82 Å². The van der Waals surface area contributed by atoms with E-state index in [1.165, 1.54) is 19.1 Å². The fourth-order valence-electron chi connectivity index (χ4n) is 1.52. The van der Waals surface area contributed by atoms with Crippen molar-refractivity contribution < 1.29 is 19.4 Å². The van der Waals surface area contributed by atoms with Crippen LogP contribution >= 0.6 is 11.6 Å². The van der Waals surface area contributed by atoms with Gasteiger partial charge < -0.3 is 10.2 Å². The van der Waals surface area contributed by atoms with Crippen LogP contribution < -0.4 is 0 Å². The monoisotopic (exact) mass is 260 g/mol. The van der Waals surface area contributed by atoms with Crippen molar-refractivity contribution in [2.45, 2.75) is 20.0 Å². The molecule has 3 nitrogen and oxygen atoms in total. The highest BCUT2D eigenvalue weighted by atomic mass is 35.5. The summed E-state index contributed by atoms with van der Waals surface area (Å²) in [5.41, 5.74) is 0.341. The normalized spacial score (nSPS) is 16.3. The molecule has 1 aromatic carbocycles. The number of carboxylic acids is 1. The van der Waals surface area contributed by atoms with E-state index in [2.05, 4.69) is 0 Å². The topological polar surface area (TPSA) is 57.5 Å². The van der Waals surface area contributed by atoms with Crippen LogP contribution in [0.2, 0.25) is 5.02 Å². The summed E-state index contributed by atoms with van der Waals surface area (Å²) >= 11 is 5.81. The number of hydrogen-bond acceptors (Lipinski definition) is 2. The van der Waals surface area contributed by atoms with Crippen molar-refractivity contribution in [1.29, 1.82) is 0 Å². The molecular weight excluding hydrogens is 247 g/mol. The van der Waals surface area contributed by atoms with E-state index in [4.69, 9.17) is 16.7 Å². The van der Waals surface area contributed by atoms with Crippen LogP contribution in [-0.2, 0) is 4.79 Å². The Morgan fingerprint density at radius 3 is 2.47 bits per heavy atom. The molecule has 0 spiro atoms. The van der Waals surface area contributed by atoms with Crippen LogP contribution in [0.3, 0.4) is 0 Å². The van der Waals surface area contributed by atoms with Gasteiger partial charge in [-0.15, -0.1) is 0 Å². The van der Waals surface area contributed by atoms with Crippen molar-refractivity contribution in [2.75, 3.05) is 0 Å². The average molecular weight is 261 g/mol. The highest BCUT2D eigenvalue weighted by Gasteiger charge is 2.28. The summed E-state index contributed by atoms with van der Waals surface area (Å²) in [4.78, 5) is 10.8. The van der Waals surface area contributed by atoms with Gasteiger partial charge >= 0.3 is 5.97 Å². The van der Waals surface area contributed by atoms with Gasteiger partial charge in [-0.3, -0.25) is 4.79 Å². The number of carboxylic acid groups (broad SMARTS) is 1. The summed E-state index contributed by atoms with van der Waals surface area (Å²) in [6.45, 7) is 3.12. The van der Waals surface area contributed by atoms with Crippen LogP contribution in [0.25, 0.3) is 0 Å². The van der Waals surface area contributed by atoms with E-state index in [0.29, 0.717) is 5.56 Å². The third-order valence-corrected chi connectivity index (χ3v) is 3.28. The van der Waals surface area contributed by atoms with Crippen LogP contribution in [0.4, 0.5) is 4.39 Å². The summed E-state index contributed by atoms with van der Waals surface area (Å²) < 4.78 is 12.8. The Labute approximate surface area is 104 Å². The molecule has 1 rings (SSSR count). The van der Waals surface area contributed by atoms with Crippen molar-refractivity contribution in [3.05, 3.63) is 34.6 Å². The lowest BCUT2D eigenvalue weighted by Gasteiger charge is -2.23. The first-order valence-corrected chi connectivity index (χ1v) is 5.58. The second-order valence-electron chi connectivity index (χ2n) is 4.10. The molecule has 0 aliphatic rings. The highest BCUT2D eigenvalue weighted by molar-refractivity contribution is 6.31. The van der Waals surface area contributed by atoms with Crippen LogP contribution in [0.15, 0.2) is 18.2 Å². The molecule has 0 radical (unpaired) electrons. The van der Waals surface area contributed by atoms with Gasteiger partial charge in [0.25, 0.3) is 0 Å². The Morgan fingerprint density at radius 2 is 2.00 bits per heavy atom. The highest BCUT2D eigenvalue weighted by Crippen LogP contribution is 2.32. The van der Waals surface area contributed by atoms with Gasteiger partial charge in [-0.05, 0) is 23.6 Å². The standard InChI is InChI=1S/C12H14ClFO3/c1-6(7(2)12(16)17)11(15)9-4-3-8(14)5-10(9)13/h3-7,11,15H,1-2H3,(H,16,17). The summed E-state index contributed by atoms with van der Waals surface area (Å²) in [6, 6.07) is 3.65. The van der Waals surface area contributed by atoms with E-state index in [9.17, 15) is 14.3 Å². The van der Waals surface area contributed by atoms with Crippen molar-refractivity contribution in [3.63, 3.8) is 0 Å². The number of hydrogen-bond donors (Lipinski definition) is 2. The number of carbonyl (C=O) groups is 1. The molecule has 0 saturated heterocycles. The third-order valence-electron chi connectivity index (χ3n) is 2.96. The molecule has 3 atom stereocenters. The summed E-state index contributed by atoms with van der Waals surface area (Å²) in [7, 11) is 0. The quantitative estimate of drug-likeness (QED) is 0.875. The lowest BCUT2D eigenvalue weighted by atomic mass is 9.87. The number of rotatable bonds is 4. The second kappa shape index (κ2) is 5.47. The summed E-state index contributed by atoms with van der Waals surface area (Å²) in [5.74, 6) is -2.72. The first kappa shape index (κ1) is 13.9. The maximum atomic E-state index is 12.8. The maximum Gasteiger partial charge on any atom is 0.306 e.